The van der Waals surface area contributed by atoms with Crippen LogP contribution >= 0.6 is 0 Å². The van der Waals surface area contributed by atoms with E-state index in [9.17, 15) is 0 Å². The van der Waals surface area contributed by atoms with Crippen molar-refractivity contribution in [2.24, 2.45) is 4.99 Å². The van der Waals surface area contributed by atoms with E-state index in [1.54, 1.807) is 0 Å². The smallest absolute Gasteiger partial charge is 0.218 e. The fourth-order valence-corrected chi connectivity index (χ4v) is 0.790. The molecule has 1 heterocycles. The number of aliphatic imine (C=N–C) groups is 1. The van der Waals surface area contributed by atoms with Gasteiger partial charge < -0.3 is 0 Å². The third kappa shape index (κ3) is 1.25. The van der Waals surface area contributed by atoms with E-state index in [1.807, 2.05) is 26.3 Å². The lowest BCUT2D eigenvalue weighted by molar-refractivity contribution is -0.430. The second-order valence-electron chi connectivity index (χ2n) is 2.00. The van der Waals surface area contributed by atoms with Gasteiger partial charge >= 0.3 is 0 Å². The molecule has 1 rings (SSSR count). The van der Waals surface area contributed by atoms with Crippen molar-refractivity contribution in [3.05, 3.63) is 11.8 Å². The van der Waals surface area contributed by atoms with E-state index in [0.717, 1.165) is 6.54 Å². The van der Waals surface area contributed by atoms with Crippen LogP contribution in [0.3, 0.4) is 0 Å². The zero-order chi connectivity index (χ0) is 6.69. The van der Waals surface area contributed by atoms with Crippen LogP contribution in [0, 0.1) is 0 Å². The number of allylic oxidation sites excluding steroid dienone is 2. The maximum atomic E-state index is 4.09. The molecular formula is C7H11N2+. The highest BCUT2D eigenvalue weighted by Crippen LogP contribution is 1.93. The van der Waals surface area contributed by atoms with Crippen molar-refractivity contribution in [1.29, 1.82) is 0 Å². The lowest BCUT2D eigenvalue weighted by Gasteiger charge is -1.98. The Bertz CT molecular complexity index is 187. The molecule has 0 bridgehead atoms. The average Bonchev–Trinajstić information content (AvgIpc) is 1.89. The predicted octanol–water partition coefficient (Wildman–Crippen LogP) is 0.688. The first-order valence-corrected chi connectivity index (χ1v) is 3.07. The molecule has 0 atom stereocenters. The van der Waals surface area contributed by atoms with Gasteiger partial charge in [0.2, 0.25) is 5.70 Å². The van der Waals surface area contributed by atoms with Crippen molar-refractivity contribution in [2.75, 3.05) is 13.6 Å². The van der Waals surface area contributed by atoms with Gasteiger partial charge in [-0.3, -0.25) is 4.99 Å². The second kappa shape index (κ2) is 2.58. The SMILES string of the molecule is C/C=C1/C=NCC=[N+]1C. The molecule has 9 heavy (non-hydrogen) atoms. The van der Waals surface area contributed by atoms with Crippen LogP contribution in [0.5, 0.6) is 0 Å². The number of hydrogen-bond acceptors (Lipinski definition) is 1. The molecule has 0 saturated carbocycles. The van der Waals surface area contributed by atoms with Crippen LogP contribution in [0.4, 0.5) is 0 Å². The monoisotopic (exact) mass is 123 g/mol. The Morgan fingerprint density at radius 3 is 3.00 bits per heavy atom. The van der Waals surface area contributed by atoms with Gasteiger partial charge in [0, 0.05) is 0 Å². The van der Waals surface area contributed by atoms with E-state index in [1.165, 1.54) is 5.70 Å². The summed E-state index contributed by atoms with van der Waals surface area (Å²) in [7, 11) is 2.03. The minimum Gasteiger partial charge on any atom is -0.276 e. The highest BCUT2D eigenvalue weighted by molar-refractivity contribution is 5.79. The Morgan fingerprint density at radius 1 is 1.78 bits per heavy atom. The molecule has 0 unspecified atom stereocenters. The third-order valence-electron chi connectivity index (χ3n) is 1.39. The Morgan fingerprint density at radius 2 is 2.56 bits per heavy atom. The van der Waals surface area contributed by atoms with Gasteiger partial charge in [-0.05, 0) is 13.0 Å². The lowest BCUT2D eigenvalue weighted by atomic mass is 10.4. The fraction of sp³-hybridized carbons (Fsp3) is 0.429. The molecule has 0 aromatic carbocycles. The summed E-state index contributed by atoms with van der Waals surface area (Å²) in [6.45, 7) is 2.82. The molecule has 0 aliphatic carbocycles. The van der Waals surface area contributed by atoms with Gasteiger partial charge in [0.25, 0.3) is 0 Å². The minimum atomic E-state index is 0.813. The number of rotatable bonds is 0. The van der Waals surface area contributed by atoms with Crippen LogP contribution in [-0.4, -0.2) is 30.6 Å². The fourth-order valence-electron chi connectivity index (χ4n) is 0.790. The Balaban J connectivity index is 2.83. The Hall–Kier alpha value is -0.920. The van der Waals surface area contributed by atoms with Crippen molar-refractivity contribution in [2.45, 2.75) is 6.92 Å². The molecule has 0 saturated heterocycles. The first-order chi connectivity index (χ1) is 4.34. The second-order valence-corrected chi connectivity index (χ2v) is 2.00. The quantitative estimate of drug-likeness (QED) is 0.421. The van der Waals surface area contributed by atoms with E-state index in [0.29, 0.717) is 0 Å². The third-order valence-corrected chi connectivity index (χ3v) is 1.39. The summed E-state index contributed by atoms with van der Waals surface area (Å²) in [5.74, 6) is 0. The Kier molecular flexibility index (Phi) is 1.78. The summed E-state index contributed by atoms with van der Waals surface area (Å²) in [5.41, 5.74) is 1.17. The van der Waals surface area contributed by atoms with Crippen molar-refractivity contribution in [1.82, 2.24) is 0 Å². The highest BCUT2D eigenvalue weighted by atomic mass is 15.0. The van der Waals surface area contributed by atoms with Crippen LogP contribution in [0.1, 0.15) is 6.92 Å². The molecule has 0 radical (unpaired) electrons. The Labute approximate surface area is 55.2 Å². The van der Waals surface area contributed by atoms with Gasteiger partial charge in [0.05, 0.1) is 6.21 Å². The standard InChI is InChI=1S/C7H11N2/c1-3-7-6-8-4-5-9(7)2/h3,5-6H,4H2,1-2H3/q+1/b7-3-. The summed E-state index contributed by atoms with van der Waals surface area (Å²) >= 11 is 0. The van der Waals surface area contributed by atoms with Crippen molar-refractivity contribution >= 4 is 12.4 Å². The highest BCUT2D eigenvalue weighted by Gasteiger charge is 2.04. The first kappa shape index (κ1) is 6.20. The van der Waals surface area contributed by atoms with Gasteiger partial charge in [0.15, 0.2) is 6.21 Å². The zero-order valence-electron chi connectivity index (χ0n) is 5.83. The summed E-state index contributed by atoms with van der Waals surface area (Å²) in [6, 6.07) is 0. The topological polar surface area (TPSA) is 15.4 Å². The molecule has 1 aliphatic rings. The van der Waals surface area contributed by atoms with Gasteiger partial charge in [0.1, 0.15) is 13.6 Å². The molecule has 0 spiro atoms. The van der Waals surface area contributed by atoms with Gasteiger partial charge in [-0.15, -0.1) is 0 Å². The van der Waals surface area contributed by atoms with Gasteiger partial charge in [-0.2, -0.15) is 0 Å². The minimum absolute atomic E-state index is 0.813. The molecule has 0 aromatic rings. The zero-order valence-corrected chi connectivity index (χ0v) is 5.83. The summed E-state index contributed by atoms with van der Waals surface area (Å²) < 4.78 is 2.08. The van der Waals surface area contributed by atoms with Crippen molar-refractivity contribution in [3.63, 3.8) is 0 Å². The maximum Gasteiger partial charge on any atom is 0.218 e. The van der Waals surface area contributed by atoms with E-state index in [4.69, 9.17) is 0 Å². The summed E-state index contributed by atoms with van der Waals surface area (Å²) in [5, 5.41) is 0. The van der Waals surface area contributed by atoms with E-state index >= 15 is 0 Å². The molecular weight excluding hydrogens is 112 g/mol. The molecule has 0 aromatic heterocycles. The van der Waals surface area contributed by atoms with Crippen LogP contribution in [0.15, 0.2) is 16.8 Å². The van der Waals surface area contributed by atoms with Crippen LogP contribution in [-0.2, 0) is 0 Å². The summed E-state index contributed by atoms with van der Waals surface area (Å²) in [6.07, 6.45) is 5.98. The normalized spacial score (nSPS) is 22.4. The molecule has 1 aliphatic heterocycles. The molecule has 0 fully saturated rings. The van der Waals surface area contributed by atoms with E-state index in [2.05, 4.69) is 15.8 Å². The van der Waals surface area contributed by atoms with E-state index in [-0.39, 0.29) is 0 Å². The predicted molar refractivity (Wildman–Crippen MR) is 39.4 cm³/mol. The molecule has 0 amide bonds. The average molecular weight is 123 g/mol. The van der Waals surface area contributed by atoms with Crippen molar-refractivity contribution < 1.29 is 4.58 Å². The largest absolute Gasteiger partial charge is 0.276 e. The van der Waals surface area contributed by atoms with Gasteiger partial charge in [-0.25, -0.2) is 4.58 Å². The first-order valence-electron chi connectivity index (χ1n) is 3.07. The van der Waals surface area contributed by atoms with Crippen LogP contribution in [0.2, 0.25) is 0 Å². The van der Waals surface area contributed by atoms with Gasteiger partial charge in [-0.1, -0.05) is 0 Å². The lowest BCUT2D eigenvalue weighted by Crippen LogP contribution is -2.13. The number of nitrogens with zero attached hydrogens (tertiary/aromatic N) is 2. The number of hydrogen-bond donors (Lipinski definition) is 0. The molecule has 2 nitrogen and oxygen atoms in total. The summed E-state index contributed by atoms with van der Waals surface area (Å²) in [4.78, 5) is 4.09. The maximum absolute atomic E-state index is 4.09. The van der Waals surface area contributed by atoms with Crippen LogP contribution < -0.4 is 0 Å². The molecule has 0 N–H and O–H groups in total. The van der Waals surface area contributed by atoms with E-state index < -0.39 is 0 Å². The van der Waals surface area contributed by atoms with Crippen molar-refractivity contribution in [3.8, 4) is 0 Å². The molecule has 48 valence electrons. The van der Waals surface area contributed by atoms with Crippen LogP contribution in [0.25, 0.3) is 0 Å². The molecule has 2 heteroatoms.